The minimum Gasteiger partial charge on any atom is -0.490 e. The molecule has 5 rings (SSSR count). The van der Waals surface area contributed by atoms with E-state index in [1.807, 2.05) is 31.2 Å². The summed E-state index contributed by atoms with van der Waals surface area (Å²) in [5.41, 5.74) is 4.62. The molecule has 0 saturated heterocycles. The van der Waals surface area contributed by atoms with Crippen LogP contribution in [0, 0.1) is 9.39 Å². The second-order valence-electron chi connectivity index (χ2n) is 8.89. The maximum Gasteiger partial charge on any atom is 0.336 e. The van der Waals surface area contributed by atoms with Gasteiger partial charge in [-0.15, -0.1) is 0 Å². The van der Waals surface area contributed by atoms with Crippen molar-refractivity contribution in [2.24, 2.45) is 0 Å². The quantitative estimate of drug-likeness (QED) is 0.251. The Balaban J connectivity index is 1.63. The molecule has 3 aromatic rings. The van der Waals surface area contributed by atoms with Gasteiger partial charge in [-0.1, -0.05) is 42.5 Å². The Labute approximate surface area is 233 Å². The number of dihydropyridines is 1. The van der Waals surface area contributed by atoms with Crippen LogP contribution in [-0.2, 0) is 16.1 Å². The molecule has 1 N–H and O–H groups in total. The van der Waals surface area contributed by atoms with E-state index in [9.17, 15) is 14.0 Å². The van der Waals surface area contributed by atoms with Crippen LogP contribution in [0.3, 0.4) is 0 Å². The van der Waals surface area contributed by atoms with Crippen LogP contribution in [0.2, 0.25) is 0 Å². The maximum atomic E-state index is 14.2. The van der Waals surface area contributed by atoms with E-state index in [1.54, 1.807) is 37.3 Å². The van der Waals surface area contributed by atoms with Crippen molar-refractivity contribution in [3.63, 3.8) is 0 Å². The van der Waals surface area contributed by atoms with E-state index in [-0.39, 0.29) is 18.2 Å². The first-order chi connectivity index (χ1) is 18.3. The molecule has 6 nitrogen and oxygen atoms in total. The Morgan fingerprint density at radius 3 is 2.47 bits per heavy atom. The smallest absolute Gasteiger partial charge is 0.336 e. The number of halogens is 2. The third kappa shape index (κ3) is 4.47. The summed E-state index contributed by atoms with van der Waals surface area (Å²) in [6, 6.07) is 17.5. The lowest BCUT2D eigenvalue weighted by Gasteiger charge is -2.29. The Morgan fingerprint density at radius 2 is 1.76 bits per heavy atom. The van der Waals surface area contributed by atoms with Crippen molar-refractivity contribution in [1.82, 2.24) is 5.32 Å². The van der Waals surface area contributed by atoms with Crippen LogP contribution in [0.15, 0.2) is 77.5 Å². The third-order valence-electron chi connectivity index (χ3n) is 6.65. The first kappa shape index (κ1) is 26.0. The van der Waals surface area contributed by atoms with Crippen molar-refractivity contribution in [1.29, 1.82) is 0 Å². The minimum atomic E-state index is -0.688. The number of rotatable bonds is 7. The van der Waals surface area contributed by atoms with Crippen molar-refractivity contribution >= 4 is 40.0 Å². The monoisotopic (exact) mass is 625 g/mol. The third-order valence-corrected chi connectivity index (χ3v) is 7.45. The van der Waals surface area contributed by atoms with E-state index in [0.29, 0.717) is 60.9 Å². The standard InChI is InChI=1S/C30H25FINO5/c1-4-37-23-14-18(13-22(32)29(23)38-15-17-9-5-8-12-21(17)31)25-24(30(35)36-3)16(2)33-27-19-10-6-7-11-20(19)28(34)26(25)27/h5-14,25,33H,4,15H2,1-3H3/t25-/m0/s1. The van der Waals surface area contributed by atoms with E-state index in [0.717, 1.165) is 5.56 Å². The first-order valence-electron chi connectivity index (χ1n) is 12.1. The number of esters is 1. The van der Waals surface area contributed by atoms with Crippen molar-refractivity contribution in [3.05, 3.63) is 109 Å². The van der Waals surface area contributed by atoms with E-state index < -0.39 is 11.9 Å². The molecule has 0 fully saturated rings. The van der Waals surface area contributed by atoms with Gasteiger partial charge in [0.2, 0.25) is 0 Å². The first-order valence-corrected chi connectivity index (χ1v) is 13.2. The molecule has 1 atom stereocenters. The summed E-state index contributed by atoms with van der Waals surface area (Å²) in [4.78, 5) is 26.7. The second-order valence-corrected chi connectivity index (χ2v) is 10.1. The lowest BCUT2D eigenvalue weighted by atomic mass is 9.79. The van der Waals surface area contributed by atoms with Gasteiger partial charge in [-0.3, -0.25) is 4.79 Å². The normalized spacial score (nSPS) is 16.1. The number of nitrogens with one attached hydrogen (secondary N) is 1. The van der Waals surface area contributed by atoms with E-state index in [4.69, 9.17) is 14.2 Å². The fourth-order valence-corrected chi connectivity index (χ4v) is 5.75. The molecule has 0 bridgehead atoms. The Bertz CT molecular complexity index is 1530. The fraction of sp³-hybridized carbons (Fsp3) is 0.200. The van der Waals surface area contributed by atoms with E-state index >= 15 is 0 Å². The number of hydrogen-bond donors (Lipinski definition) is 1. The molecular weight excluding hydrogens is 600 g/mol. The van der Waals surface area contributed by atoms with E-state index in [2.05, 4.69) is 27.9 Å². The van der Waals surface area contributed by atoms with Crippen molar-refractivity contribution in [2.75, 3.05) is 13.7 Å². The zero-order valence-corrected chi connectivity index (χ0v) is 23.2. The largest absolute Gasteiger partial charge is 0.490 e. The average Bonchev–Trinajstić information content (AvgIpc) is 3.19. The predicted octanol–water partition coefficient (Wildman–Crippen LogP) is 6.15. The van der Waals surface area contributed by atoms with Gasteiger partial charge in [0, 0.05) is 33.9 Å². The van der Waals surface area contributed by atoms with Crippen LogP contribution in [0.4, 0.5) is 4.39 Å². The van der Waals surface area contributed by atoms with Crippen LogP contribution >= 0.6 is 22.6 Å². The van der Waals surface area contributed by atoms with Crippen LogP contribution < -0.4 is 14.8 Å². The molecule has 1 aliphatic heterocycles. The molecule has 1 heterocycles. The molecule has 8 heteroatoms. The summed E-state index contributed by atoms with van der Waals surface area (Å²) in [6.07, 6.45) is 0. The van der Waals surface area contributed by atoms with Crippen molar-refractivity contribution in [3.8, 4) is 11.5 Å². The molecular formula is C30H25FINO5. The summed E-state index contributed by atoms with van der Waals surface area (Å²) < 4.78 is 32.0. The molecule has 2 aliphatic rings. The van der Waals surface area contributed by atoms with Gasteiger partial charge in [0.15, 0.2) is 17.3 Å². The molecule has 1 aliphatic carbocycles. The minimum absolute atomic E-state index is 0.0188. The van der Waals surface area contributed by atoms with Crippen LogP contribution in [0.1, 0.15) is 46.8 Å². The summed E-state index contributed by atoms with van der Waals surface area (Å²) >= 11 is 2.14. The number of ketones is 1. The number of hydrogen-bond acceptors (Lipinski definition) is 6. The Morgan fingerprint density at radius 1 is 1.05 bits per heavy atom. The van der Waals surface area contributed by atoms with Crippen molar-refractivity contribution < 1.29 is 28.2 Å². The molecule has 0 aromatic heterocycles. The molecule has 0 unspecified atom stereocenters. The van der Waals surface area contributed by atoms with Crippen LogP contribution in [0.25, 0.3) is 5.70 Å². The topological polar surface area (TPSA) is 73.9 Å². The number of Topliss-reactive ketones (excluding diaryl/α,β-unsaturated/α-hetero) is 1. The van der Waals surface area contributed by atoms with Gasteiger partial charge in [-0.2, -0.15) is 0 Å². The molecule has 0 radical (unpaired) electrons. The molecule has 0 saturated carbocycles. The highest BCUT2D eigenvalue weighted by molar-refractivity contribution is 14.1. The molecule has 38 heavy (non-hydrogen) atoms. The SMILES string of the molecule is CCOc1cc([C@H]2C(C(=O)OC)=C(C)NC3=C2C(=O)c2ccccc23)cc(I)c1OCc1ccccc1F. The van der Waals surface area contributed by atoms with Gasteiger partial charge >= 0.3 is 5.97 Å². The fourth-order valence-electron chi connectivity index (χ4n) is 4.97. The second kappa shape index (κ2) is 10.6. The van der Waals surface area contributed by atoms with Gasteiger partial charge in [0.05, 0.1) is 28.6 Å². The van der Waals surface area contributed by atoms with E-state index in [1.165, 1.54) is 13.2 Å². The van der Waals surface area contributed by atoms with Gasteiger partial charge in [0.25, 0.3) is 0 Å². The predicted molar refractivity (Wildman–Crippen MR) is 149 cm³/mol. The highest BCUT2D eigenvalue weighted by atomic mass is 127. The zero-order valence-electron chi connectivity index (χ0n) is 21.1. The molecule has 194 valence electrons. The maximum absolute atomic E-state index is 14.2. The zero-order chi connectivity index (χ0) is 27.0. The highest BCUT2D eigenvalue weighted by Crippen LogP contribution is 2.48. The van der Waals surface area contributed by atoms with Crippen LogP contribution in [0.5, 0.6) is 11.5 Å². The highest BCUT2D eigenvalue weighted by Gasteiger charge is 2.43. The molecule has 3 aromatic carbocycles. The summed E-state index contributed by atoms with van der Waals surface area (Å²) in [6.45, 7) is 4.03. The van der Waals surface area contributed by atoms with Gasteiger partial charge in [-0.25, -0.2) is 9.18 Å². The Kier molecular flexibility index (Phi) is 7.25. The Hall–Kier alpha value is -3.66. The lowest BCUT2D eigenvalue weighted by Crippen LogP contribution is -2.29. The number of benzene rings is 3. The number of fused-ring (bicyclic) bond motifs is 2. The molecule has 0 amide bonds. The van der Waals surface area contributed by atoms with Gasteiger partial charge < -0.3 is 19.5 Å². The van der Waals surface area contributed by atoms with Crippen molar-refractivity contribution in [2.45, 2.75) is 26.4 Å². The summed E-state index contributed by atoms with van der Waals surface area (Å²) in [5, 5.41) is 3.28. The number of carbonyl (C=O) groups excluding carboxylic acids is 2. The average molecular weight is 625 g/mol. The summed E-state index contributed by atoms with van der Waals surface area (Å²) in [5.74, 6) is -0.806. The lowest BCUT2D eigenvalue weighted by molar-refractivity contribution is -0.136. The van der Waals surface area contributed by atoms with Crippen LogP contribution in [-0.4, -0.2) is 25.5 Å². The summed E-state index contributed by atoms with van der Waals surface area (Å²) in [7, 11) is 1.32. The number of carbonyl (C=O) groups is 2. The number of ether oxygens (including phenoxy) is 3. The van der Waals surface area contributed by atoms with Gasteiger partial charge in [-0.05, 0) is 60.2 Å². The molecule has 0 spiro atoms. The number of methoxy groups -OCH3 is 1. The van der Waals surface area contributed by atoms with Gasteiger partial charge in [0.1, 0.15) is 12.4 Å². The number of allylic oxidation sites excluding steroid dienone is 2.